The Kier molecular flexibility index (Phi) is 3.76. The molecule has 5 N–H and O–H groups in total. The standard InChI is InChI=1S/C14H18N2O3/c1-8(15)14(19-9(2)17)5-10-7-16-13-4-3-11(18)6-12(10)13/h3-4,6-8,14,16,18H,5,15H2,1-2H3/p+1. The van der Waals surface area contributed by atoms with Crippen molar-refractivity contribution in [1.82, 2.24) is 4.98 Å². The van der Waals surface area contributed by atoms with Crippen molar-refractivity contribution in [3.63, 3.8) is 0 Å². The largest absolute Gasteiger partial charge is 0.508 e. The first kappa shape index (κ1) is 13.4. The van der Waals surface area contributed by atoms with Crippen LogP contribution >= 0.6 is 0 Å². The average molecular weight is 263 g/mol. The second kappa shape index (κ2) is 5.32. The van der Waals surface area contributed by atoms with E-state index in [9.17, 15) is 9.90 Å². The number of carbonyl (C=O) groups is 1. The van der Waals surface area contributed by atoms with Crippen molar-refractivity contribution in [1.29, 1.82) is 0 Å². The first-order chi connectivity index (χ1) is 8.97. The van der Waals surface area contributed by atoms with Gasteiger partial charge in [0.15, 0.2) is 6.10 Å². The van der Waals surface area contributed by atoms with E-state index in [4.69, 9.17) is 4.74 Å². The van der Waals surface area contributed by atoms with Gasteiger partial charge in [-0.3, -0.25) is 4.79 Å². The Morgan fingerprint density at radius 3 is 2.89 bits per heavy atom. The third-order valence-corrected chi connectivity index (χ3v) is 3.12. The highest BCUT2D eigenvalue weighted by atomic mass is 16.5. The van der Waals surface area contributed by atoms with E-state index in [1.807, 2.05) is 19.2 Å². The molecule has 2 unspecified atom stereocenters. The summed E-state index contributed by atoms with van der Waals surface area (Å²) in [5.74, 6) is -0.0803. The van der Waals surface area contributed by atoms with E-state index < -0.39 is 0 Å². The van der Waals surface area contributed by atoms with Crippen LogP contribution in [0.2, 0.25) is 0 Å². The average Bonchev–Trinajstić information content (AvgIpc) is 2.70. The van der Waals surface area contributed by atoms with Gasteiger partial charge >= 0.3 is 5.97 Å². The minimum Gasteiger partial charge on any atom is -0.508 e. The van der Waals surface area contributed by atoms with Crippen molar-refractivity contribution in [3.8, 4) is 5.75 Å². The first-order valence-corrected chi connectivity index (χ1v) is 6.26. The lowest BCUT2D eigenvalue weighted by atomic mass is 10.0. The third kappa shape index (κ3) is 3.06. The van der Waals surface area contributed by atoms with Crippen LogP contribution in [0.4, 0.5) is 0 Å². The van der Waals surface area contributed by atoms with Crippen molar-refractivity contribution < 1.29 is 20.4 Å². The summed E-state index contributed by atoms with van der Waals surface area (Å²) in [7, 11) is 0. The number of esters is 1. The molecule has 0 aliphatic carbocycles. The summed E-state index contributed by atoms with van der Waals surface area (Å²) in [5, 5.41) is 10.5. The molecule has 0 saturated carbocycles. The number of phenols is 1. The maximum Gasteiger partial charge on any atom is 0.303 e. The van der Waals surface area contributed by atoms with Crippen LogP contribution in [0, 0.1) is 0 Å². The number of aromatic hydroxyl groups is 1. The number of aromatic nitrogens is 1. The summed E-state index contributed by atoms with van der Waals surface area (Å²) in [6.45, 7) is 3.32. The van der Waals surface area contributed by atoms with E-state index >= 15 is 0 Å². The molecule has 1 heterocycles. The molecule has 0 bridgehead atoms. The van der Waals surface area contributed by atoms with Gasteiger partial charge in [-0.05, 0) is 30.7 Å². The predicted octanol–water partition coefficient (Wildman–Crippen LogP) is 0.978. The maximum absolute atomic E-state index is 11.1. The quantitative estimate of drug-likeness (QED) is 0.718. The van der Waals surface area contributed by atoms with Gasteiger partial charge in [0.05, 0.1) is 0 Å². The van der Waals surface area contributed by atoms with Gasteiger partial charge in [0.1, 0.15) is 11.8 Å². The van der Waals surface area contributed by atoms with Crippen molar-refractivity contribution in [2.75, 3.05) is 0 Å². The van der Waals surface area contributed by atoms with Crippen molar-refractivity contribution in [3.05, 3.63) is 30.0 Å². The molecular weight excluding hydrogens is 244 g/mol. The Balaban J connectivity index is 2.28. The van der Waals surface area contributed by atoms with Gasteiger partial charge in [0.25, 0.3) is 0 Å². The third-order valence-electron chi connectivity index (χ3n) is 3.12. The molecule has 0 amide bonds. The molecule has 0 fully saturated rings. The number of rotatable bonds is 4. The fourth-order valence-corrected chi connectivity index (χ4v) is 2.12. The summed E-state index contributed by atoms with van der Waals surface area (Å²) < 4.78 is 5.29. The van der Waals surface area contributed by atoms with Gasteiger partial charge in [-0.15, -0.1) is 0 Å². The molecule has 0 aliphatic heterocycles. The smallest absolute Gasteiger partial charge is 0.303 e. The number of carbonyl (C=O) groups excluding carboxylic acids is 1. The molecule has 1 aromatic heterocycles. The maximum atomic E-state index is 11.1. The molecule has 2 rings (SSSR count). The normalized spacial score (nSPS) is 14.3. The molecule has 0 spiro atoms. The minimum atomic E-state index is -0.303. The molecule has 0 saturated heterocycles. The number of aromatic amines is 1. The van der Waals surface area contributed by atoms with Gasteiger partial charge in [-0.1, -0.05) is 0 Å². The Morgan fingerprint density at radius 1 is 1.53 bits per heavy atom. The zero-order chi connectivity index (χ0) is 14.0. The van der Waals surface area contributed by atoms with E-state index in [0.29, 0.717) is 6.42 Å². The number of benzene rings is 1. The number of phenolic OH excluding ortho intramolecular Hbond substituents is 1. The molecule has 0 aliphatic rings. The number of quaternary nitrogens is 1. The molecule has 102 valence electrons. The highest BCUT2D eigenvalue weighted by Crippen LogP contribution is 2.24. The van der Waals surface area contributed by atoms with Crippen molar-refractivity contribution >= 4 is 16.9 Å². The highest BCUT2D eigenvalue weighted by molar-refractivity contribution is 5.84. The lowest BCUT2D eigenvalue weighted by molar-refractivity contribution is -0.431. The van der Waals surface area contributed by atoms with Gasteiger partial charge in [0.2, 0.25) is 0 Å². The summed E-state index contributed by atoms with van der Waals surface area (Å²) in [6.07, 6.45) is 2.19. The number of hydrogen-bond acceptors (Lipinski definition) is 3. The van der Waals surface area contributed by atoms with E-state index in [2.05, 4.69) is 10.7 Å². The fourth-order valence-electron chi connectivity index (χ4n) is 2.12. The molecule has 2 aromatic rings. The van der Waals surface area contributed by atoms with E-state index in [-0.39, 0.29) is 23.9 Å². The van der Waals surface area contributed by atoms with Crippen LogP contribution in [0.5, 0.6) is 5.75 Å². The molecule has 1 aromatic carbocycles. The molecule has 5 nitrogen and oxygen atoms in total. The van der Waals surface area contributed by atoms with E-state index in [1.54, 1.807) is 12.1 Å². The van der Waals surface area contributed by atoms with Gasteiger partial charge in [-0.25, -0.2) is 0 Å². The van der Waals surface area contributed by atoms with Gasteiger partial charge in [0, 0.05) is 30.4 Å². The number of ether oxygens (including phenoxy) is 1. The second-order valence-corrected chi connectivity index (χ2v) is 4.87. The van der Waals surface area contributed by atoms with Crippen molar-refractivity contribution in [2.24, 2.45) is 0 Å². The lowest BCUT2D eigenvalue weighted by Crippen LogP contribution is -2.65. The molecule has 0 radical (unpaired) electrons. The van der Waals surface area contributed by atoms with Crippen LogP contribution in [0.3, 0.4) is 0 Å². The Morgan fingerprint density at radius 2 is 2.26 bits per heavy atom. The topological polar surface area (TPSA) is 90.0 Å². The summed E-state index contributed by atoms with van der Waals surface area (Å²) >= 11 is 0. The number of fused-ring (bicyclic) bond motifs is 1. The second-order valence-electron chi connectivity index (χ2n) is 4.87. The molecular formula is C14H19N2O3+. The Labute approximate surface area is 111 Å². The van der Waals surface area contributed by atoms with Crippen LogP contribution < -0.4 is 5.73 Å². The molecule has 5 heteroatoms. The van der Waals surface area contributed by atoms with Crippen LogP contribution in [0.1, 0.15) is 19.4 Å². The minimum absolute atomic E-state index is 0.00819. The molecule has 2 atom stereocenters. The fraction of sp³-hybridized carbons (Fsp3) is 0.357. The van der Waals surface area contributed by atoms with Crippen LogP contribution in [0.25, 0.3) is 10.9 Å². The van der Waals surface area contributed by atoms with E-state index in [1.165, 1.54) is 6.92 Å². The number of hydrogen-bond donors (Lipinski definition) is 3. The lowest BCUT2D eigenvalue weighted by Gasteiger charge is -2.17. The summed E-state index contributed by atoms with van der Waals surface area (Å²) in [5.41, 5.74) is 5.89. The Bertz CT molecular complexity index is 589. The van der Waals surface area contributed by atoms with Crippen LogP contribution in [-0.2, 0) is 16.0 Å². The van der Waals surface area contributed by atoms with Crippen molar-refractivity contribution in [2.45, 2.75) is 32.4 Å². The van der Waals surface area contributed by atoms with Gasteiger partial charge < -0.3 is 20.6 Å². The number of nitrogens with one attached hydrogen (secondary N) is 1. The monoisotopic (exact) mass is 263 g/mol. The predicted molar refractivity (Wildman–Crippen MR) is 71.6 cm³/mol. The van der Waals surface area contributed by atoms with E-state index in [0.717, 1.165) is 16.5 Å². The number of H-pyrrole nitrogens is 1. The SMILES string of the molecule is CC(=O)OC(Cc1c[nH]c2ccc(O)cc12)C(C)[NH3+]. The molecule has 19 heavy (non-hydrogen) atoms. The van der Waals surface area contributed by atoms with Gasteiger partial charge in [-0.2, -0.15) is 0 Å². The Hall–Kier alpha value is -2.01. The van der Waals surface area contributed by atoms with Crippen LogP contribution in [0.15, 0.2) is 24.4 Å². The summed E-state index contributed by atoms with van der Waals surface area (Å²) in [4.78, 5) is 14.2. The zero-order valence-corrected chi connectivity index (χ0v) is 11.1. The van der Waals surface area contributed by atoms with Crippen LogP contribution in [-0.4, -0.2) is 28.2 Å². The highest BCUT2D eigenvalue weighted by Gasteiger charge is 2.22. The first-order valence-electron chi connectivity index (χ1n) is 6.26. The summed E-state index contributed by atoms with van der Waals surface area (Å²) in [6, 6.07) is 5.16. The zero-order valence-electron chi connectivity index (χ0n) is 11.1.